The van der Waals surface area contributed by atoms with Crippen molar-refractivity contribution in [2.24, 2.45) is 5.41 Å². The lowest BCUT2D eigenvalue weighted by Gasteiger charge is -2.24. The summed E-state index contributed by atoms with van der Waals surface area (Å²) in [6.07, 6.45) is 1.05. The van der Waals surface area contributed by atoms with Crippen molar-refractivity contribution in [3.05, 3.63) is 24.3 Å². The molecule has 0 saturated carbocycles. The Morgan fingerprint density at radius 2 is 2.11 bits per heavy atom. The monoisotopic (exact) mass is 264 g/mol. The van der Waals surface area contributed by atoms with Gasteiger partial charge in [-0.2, -0.15) is 4.37 Å². The summed E-state index contributed by atoms with van der Waals surface area (Å²) >= 11 is 1.53. The van der Waals surface area contributed by atoms with Crippen molar-refractivity contribution in [1.82, 2.24) is 4.37 Å². The van der Waals surface area contributed by atoms with Gasteiger partial charge in [-0.15, -0.1) is 0 Å². The number of nitrogens with zero attached hydrogens (tertiary/aromatic N) is 1. The molecule has 0 aliphatic rings. The molecular weight excluding hydrogens is 244 g/mol. The van der Waals surface area contributed by atoms with Crippen LogP contribution in [0.15, 0.2) is 24.3 Å². The van der Waals surface area contributed by atoms with Crippen molar-refractivity contribution in [1.29, 1.82) is 0 Å². The molecule has 1 aromatic carbocycles. The molecule has 2 rings (SSSR count). The summed E-state index contributed by atoms with van der Waals surface area (Å²) in [5.41, 5.74) is 1.29. The van der Waals surface area contributed by atoms with E-state index in [1.165, 1.54) is 16.9 Å². The Kier molecular flexibility index (Phi) is 4.19. The molecule has 1 aromatic heterocycles. The Bertz CT molecular complexity index is 507. The number of methoxy groups -OCH3 is 1. The van der Waals surface area contributed by atoms with E-state index in [2.05, 4.69) is 35.7 Å². The standard InChI is InChI=1S/C14H20N2OS/c1-14(2,8-9-17-3)10-15-13-11-6-4-5-7-12(11)16-18-13/h4-7,15H,8-10H2,1-3H3. The van der Waals surface area contributed by atoms with Gasteiger partial charge in [0.25, 0.3) is 0 Å². The molecule has 0 saturated heterocycles. The van der Waals surface area contributed by atoms with E-state index in [1.807, 2.05) is 12.1 Å². The van der Waals surface area contributed by atoms with Crippen LogP contribution in [0, 0.1) is 5.41 Å². The summed E-state index contributed by atoms with van der Waals surface area (Å²) in [5, 5.41) is 5.89. The molecule has 1 heterocycles. The van der Waals surface area contributed by atoms with Crippen molar-refractivity contribution in [3.8, 4) is 0 Å². The molecule has 0 unspecified atom stereocenters. The molecular formula is C14H20N2OS. The van der Waals surface area contributed by atoms with Crippen LogP contribution in [-0.4, -0.2) is 24.6 Å². The second-order valence-electron chi connectivity index (χ2n) is 5.29. The van der Waals surface area contributed by atoms with Gasteiger partial charge in [-0.1, -0.05) is 26.0 Å². The summed E-state index contributed by atoms with van der Waals surface area (Å²) in [5.74, 6) is 0. The van der Waals surface area contributed by atoms with E-state index in [0.29, 0.717) is 0 Å². The number of nitrogens with one attached hydrogen (secondary N) is 1. The first-order chi connectivity index (χ1) is 8.62. The fourth-order valence-corrected chi connectivity index (χ4v) is 2.56. The van der Waals surface area contributed by atoms with Crippen molar-refractivity contribution < 1.29 is 4.74 Å². The molecule has 0 bridgehead atoms. The fourth-order valence-electron chi connectivity index (χ4n) is 1.80. The minimum atomic E-state index is 0.223. The number of hydrogen-bond donors (Lipinski definition) is 1. The van der Waals surface area contributed by atoms with E-state index in [-0.39, 0.29) is 5.41 Å². The maximum atomic E-state index is 5.15. The molecule has 2 aromatic rings. The largest absolute Gasteiger partial charge is 0.385 e. The number of aromatic nitrogens is 1. The summed E-state index contributed by atoms with van der Waals surface area (Å²) < 4.78 is 9.58. The highest BCUT2D eigenvalue weighted by atomic mass is 32.1. The molecule has 0 spiro atoms. The highest BCUT2D eigenvalue weighted by Crippen LogP contribution is 2.29. The first kappa shape index (κ1) is 13.3. The van der Waals surface area contributed by atoms with Gasteiger partial charge in [-0.3, -0.25) is 0 Å². The average molecular weight is 264 g/mol. The number of rotatable bonds is 6. The maximum Gasteiger partial charge on any atom is 0.117 e. The molecule has 18 heavy (non-hydrogen) atoms. The van der Waals surface area contributed by atoms with Crippen LogP contribution in [0.2, 0.25) is 0 Å². The predicted molar refractivity (Wildman–Crippen MR) is 78.4 cm³/mol. The zero-order valence-electron chi connectivity index (χ0n) is 11.2. The van der Waals surface area contributed by atoms with Crippen LogP contribution in [0.1, 0.15) is 20.3 Å². The Labute approximate surface area is 112 Å². The first-order valence-electron chi connectivity index (χ1n) is 6.20. The lowest BCUT2D eigenvalue weighted by Crippen LogP contribution is -2.24. The molecule has 3 nitrogen and oxygen atoms in total. The SMILES string of the molecule is COCCC(C)(C)CNc1snc2ccccc12. The lowest BCUT2D eigenvalue weighted by atomic mass is 9.90. The van der Waals surface area contributed by atoms with Gasteiger partial charge >= 0.3 is 0 Å². The zero-order chi connectivity index (χ0) is 13.0. The number of benzene rings is 1. The molecule has 0 atom stereocenters. The van der Waals surface area contributed by atoms with Gasteiger partial charge in [-0.25, -0.2) is 0 Å². The molecule has 1 N–H and O–H groups in total. The van der Waals surface area contributed by atoms with Gasteiger partial charge in [0, 0.05) is 25.6 Å². The maximum absolute atomic E-state index is 5.15. The van der Waals surface area contributed by atoms with E-state index in [4.69, 9.17) is 4.74 Å². The van der Waals surface area contributed by atoms with Crippen LogP contribution in [0.25, 0.3) is 10.9 Å². The normalized spacial score (nSPS) is 11.9. The van der Waals surface area contributed by atoms with E-state index in [9.17, 15) is 0 Å². The van der Waals surface area contributed by atoms with Gasteiger partial charge < -0.3 is 10.1 Å². The van der Waals surface area contributed by atoms with Gasteiger partial charge in [-0.05, 0) is 35.5 Å². The van der Waals surface area contributed by atoms with Gasteiger partial charge in [0.1, 0.15) is 5.00 Å². The predicted octanol–water partition coefficient (Wildman–Crippen LogP) is 3.77. The molecule has 0 aliphatic heterocycles. The van der Waals surface area contributed by atoms with Crippen LogP contribution < -0.4 is 5.32 Å². The number of anilines is 1. The van der Waals surface area contributed by atoms with Crippen LogP contribution in [0.3, 0.4) is 0 Å². The molecule has 98 valence electrons. The molecule has 0 amide bonds. The summed E-state index contributed by atoms with van der Waals surface area (Å²) in [4.78, 5) is 0. The van der Waals surface area contributed by atoms with Gasteiger partial charge in [0.05, 0.1) is 5.52 Å². The quantitative estimate of drug-likeness (QED) is 0.862. The summed E-state index contributed by atoms with van der Waals surface area (Å²) in [6.45, 7) is 6.24. The van der Waals surface area contributed by atoms with E-state index in [0.717, 1.165) is 30.1 Å². The minimum absolute atomic E-state index is 0.223. The van der Waals surface area contributed by atoms with Crippen molar-refractivity contribution in [2.45, 2.75) is 20.3 Å². The first-order valence-corrected chi connectivity index (χ1v) is 6.97. The summed E-state index contributed by atoms with van der Waals surface area (Å²) in [6, 6.07) is 8.24. The van der Waals surface area contributed by atoms with Gasteiger partial charge in [0.2, 0.25) is 0 Å². The molecule has 0 aliphatic carbocycles. The second kappa shape index (κ2) is 5.67. The van der Waals surface area contributed by atoms with E-state index in [1.54, 1.807) is 7.11 Å². The topological polar surface area (TPSA) is 34.1 Å². The summed E-state index contributed by atoms with van der Waals surface area (Å²) in [7, 11) is 1.75. The number of ether oxygens (including phenoxy) is 1. The highest BCUT2D eigenvalue weighted by Gasteiger charge is 2.18. The third kappa shape index (κ3) is 3.21. The van der Waals surface area contributed by atoms with Crippen LogP contribution in [0.5, 0.6) is 0 Å². The smallest absolute Gasteiger partial charge is 0.117 e. The highest BCUT2D eigenvalue weighted by molar-refractivity contribution is 7.11. The lowest BCUT2D eigenvalue weighted by molar-refractivity contribution is 0.157. The van der Waals surface area contributed by atoms with Crippen molar-refractivity contribution in [3.63, 3.8) is 0 Å². The minimum Gasteiger partial charge on any atom is -0.385 e. The number of fused-ring (bicyclic) bond motifs is 1. The molecule has 0 radical (unpaired) electrons. The Morgan fingerprint density at radius 1 is 1.33 bits per heavy atom. The van der Waals surface area contributed by atoms with E-state index < -0.39 is 0 Å². The van der Waals surface area contributed by atoms with Crippen molar-refractivity contribution in [2.75, 3.05) is 25.6 Å². The van der Waals surface area contributed by atoms with Crippen molar-refractivity contribution >= 4 is 27.4 Å². The Hall–Kier alpha value is -1.13. The third-order valence-electron chi connectivity index (χ3n) is 3.09. The fraction of sp³-hybridized carbons (Fsp3) is 0.500. The van der Waals surface area contributed by atoms with Crippen LogP contribution >= 0.6 is 11.5 Å². The Balaban J connectivity index is 2.01. The van der Waals surface area contributed by atoms with E-state index >= 15 is 0 Å². The molecule has 4 heteroatoms. The van der Waals surface area contributed by atoms with Crippen LogP contribution in [0.4, 0.5) is 5.00 Å². The van der Waals surface area contributed by atoms with Gasteiger partial charge in [0.15, 0.2) is 0 Å². The number of hydrogen-bond acceptors (Lipinski definition) is 4. The molecule has 0 fully saturated rings. The Morgan fingerprint density at radius 3 is 2.89 bits per heavy atom. The second-order valence-corrected chi connectivity index (χ2v) is 6.06. The zero-order valence-corrected chi connectivity index (χ0v) is 12.0. The average Bonchev–Trinajstić information content (AvgIpc) is 2.78. The van der Waals surface area contributed by atoms with Crippen LogP contribution in [-0.2, 0) is 4.74 Å². The third-order valence-corrected chi connectivity index (χ3v) is 3.93.